The molecule has 4 rings (SSSR count). The topological polar surface area (TPSA) is 72.5 Å². The third kappa shape index (κ3) is 3.68. The number of aromatic nitrogens is 2. The first-order chi connectivity index (χ1) is 12.7. The molecule has 1 N–H and O–H groups in total. The fraction of sp³-hybridized carbons (Fsp3) is 0.579. The summed E-state index contributed by atoms with van der Waals surface area (Å²) >= 11 is 0. The highest BCUT2D eigenvalue weighted by atomic mass is 16.5. The van der Waals surface area contributed by atoms with E-state index in [-0.39, 0.29) is 11.9 Å². The number of hydrogen-bond donors (Lipinski definition) is 1. The Balaban J connectivity index is 1.39. The third-order valence-electron chi connectivity index (χ3n) is 5.43. The summed E-state index contributed by atoms with van der Waals surface area (Å²) in [6.45, 7) is 7.26. The van der Waals surface area contributed by atoms with E-state index in [0.717, 1.165) is 57.3 Å². The number of rotatable bonds is 5. The largest absolute Gasteiger partial charge is 0.467 e. The summed E-state index contributed by atoms with van der Waals surface area (Å²) in [5, 5.41) is 2.87. The molecule has 1 atom stereocenters. The number of nitrogens with one attached hydrogen (secondary N) is 1. The molecule has 0 aliphatic carbocycles. The summed E-state index contributed by atoms with van der Waals surface area (Å²) in [5.74, 6) is 2.25. The fourth-order valence-corrected chi connectivity index (χ4v) is 3.83. The van der Waals surface area contributed by atoms with Crippen molar-refractivity contribution in [1.29, 1.82) is 0 Å². The maximum atomic E-state index is 12.4. The SMILES string of the molecule is C[C@@H]1c2nc(C(=O)NCc3ccco3)cn2CCN1CC1CCOCC1. The van der Waals surface area contributed by atoms with Gasteiger partial charge in [-0.25, -0.2) is 4.98 Å². The van der Waals surface area contributed by atoms with Gasteiger partial charge in [0, 0.05) is 39.0 Å². The molecule has 2 aliphatic heterocycles. The lowest BCUT2D eigenvalue weighted by Crippen LogP contribution is -2.40. The van der Waals surface area contributed by atoms with Crippen molar-refractivity contribution >= 4 is 5.91 Å². The van der Waals surface area contributed by atoms with Crippen molar-refractivity contribution in [2.45, 2.75) is 38.9 Å². The Morgan fingerprint density at radius 2 is 2.19 bits per heavy atom. The Labute approximate surface area is 153 Å². The van der Waals surface area contributed by atoms with Crippen LogP contribution in [0, 0.1) is 5.92 Å². The van der Waals surface area contributed by atoms with Gasteiger partial charge in [0.1, 0.15) is 17.3 Å². The quantitative estimate of drug-likeness (QED) is 0.887. The van der Waals surface area contributed by atoms with Gasteiger partial charge in [-0.3, -0.25) is 9.69 Å². The van der Waals surface area contributed by atoms with Crippen molar-refractivity contribution in [2.75, 3.05) is 26.3 Å². The van der Waals surface area contributed by atoms with Crippen LogP contribution in [0.15, 0.2) is 29.0 Å². The van der Waals surface area contributed by atoms with E-state index in [1.807, 2.05) is 18.3 Å². The number of carbonyl (C=O) groups is 1. The minimum atomic E-state index is -0.161. The molecule has 1 saturated heterocycles. The van der Waals surface area contributed by atoms with Crippen LogP contribution >= 0.6 is 0 Å². The normalized spacial score (nSPS) is 21.5. The van der Waals surface area contributed by atoms with E-state index >= 15 is 0 Å². The highest BCUT2D eigenvalue weighted by molar-refractivity contribution is 5.92. The highest BCUT2D eigenvalue weighted by Crippen LogP contribution is 2.27. The number of fused-ring (bicyclic) bond motifs is 1. The molecule has 7 nitrogen and oxygen atoms in total. The van der Waals surface area contributed by atoms with E-state index in [9.17, 15) is 4.79 Å². The van der Waals surface area contributed by atoms with Crippen LogP contribution in [-0.2, 0) is 17.8 Å². The summed E-state index contributed by atoms with van der Waals surface area (Å²) in [7, 11) is 0. The molecule has 2 aliphatic rings. The number of amides is 1. The van der Waals surface area contributed by atoms with Crippen LogP contribution < -0.4 is 5.32 Å². The molecule has 2 aromatic heterocycles. The molecule has 0 bridgehead atoms. The van der Waals surface area contributed by atoms with E-state index in [0.29, 0.717) is 18.2 Å². The number of imidazole rings is 1. The number of carbonyl (C=O) groups excluding carboxylic acids is 1. The lowest BCUT2D eigenvalue weighted by atomic mass is 9.98. The predicted molar refractivity (Wildman–Crippen MR) is 95.6 cm³/mol. The molecule has 0 spiro atoms. The first kappa shape index (κ1) is 17.3. The van der Waals surface area contributed by atoms with Crippen LogP contribution in [0.1, 0.15) is 47.9 Å². The molecule has 4 heterocycles. The van der Waals surface area contributed by atoms with Gasteiger partial charge in [-0.05, 0) is 37.8 Å². The van der Waals surface area contributed by atoms with Crippen molar-refractivity contribution in [3.8, 4) is 0 Å². The zero-order chi connectivity index (χ0) is 17.9. The van der Waals surface area contributed by atoms with Crippen LogP contribution in [0.2, 0.25) is 0 Å². The van der Waals surface area contributed by atoms with Crippen molar-refractivity contribution in [2.24, 2.45) is 5.92 Å². The fourth-order valence-electron chi connectivity index (χ4n) is 3.83. The lowest BCUT2D eigenvalue weighted by Gasteiger charge is -2.37. The van der Waals surface area contributed by atoms with Crippen LogP contribution in [-0.4, -0.2) is 46.7 Å². The highest BCUT2D eigenvalue weighted by Gasteiger charge is 2.29. The molecule has 1 amide bonds. The number of nitrogens with zero attached hydrogens (tertiary/aromatic N) is 3. The molecule has 26 heavy (non-hydrogen) atoms. The first-order valence-electron chi connectivity index (χ1n) is 9.40. The van der Waals surface area contributed by atoms with Gasteiger partial charge in [-0.2, -0.15) is 0 Å². The summed E-state index contributed by atoms with van der Waals surface area (Å²) in [5.41, 5.74) is 0.478. The molecule has 2 aromatic rings. The van der Waals surface area contributed by atoms with Gasteiger partial charge < -0.3 is 19.0 Å². The number of furan rings is 1. The number of ether oxygens (including phenoxy) is 1. The van der Waals surface area contributed by atoms with Crippen LogP contribution in [0.3, 0.4) is 0 Å². The van der Waals surface area contributed by atoms with Gasteiger partial charge in [0.2, 0.25) is 0 Å². The molecule has 1 fully saturated rings. The average molecular weight is 358 g/mol. The summed E-state index contributed by atoms with van der Waals surface area (Å²) in [6, 6.07) is 3.87. The minimum Gasteiger partial charge on any atom is -0.467 e. The molecule has 0 unspecified atom stereocenters. The Bertz CT molecular complexity index is 734. The Kier molecular flexibility index (Phi) is 5.08. The zero-order valence-corrected chi connectivity index (χ0v) is 15.2. The zero-order valence-electron chi connectivity index (χ0n) is 15.2. The van der Waals surface area contributed by atoms with E-state index < -0.39 is 0 Å². The summed E-state index contributed by atoms with van der Waals surface area (Å²) < 4.78 is 12.8. The van der Waals surface area contributed by atoms with Crippen LogP contribution in [0.5, 0.6) is 0 Å². The van der Waals surface area contributed by atoms with Gasteiger partial charge in [0.05, 0.1) is 18.8 Å². The monoisotopic (exact) mass is 358 g/mol. The van der Waals surface area contributed by atoms with Crippen molar-refractivity contribution in [1.82, 2.24) is 19.8 Å². The van der Waals surface area contributed by atoms with E-state index in [2.05, 4.69) is 26.7 Å². The lowest BCUT2D eigenvalue weighted by molar-refractivity contribution is 0.0411. The second-order valence-corrected chi connectivity index (χ2v) is 7.17. The maximum Gasteiger partial charge on any atom is 0.271 e. The Hall–Kier alpha value is -2.12. The standard InChI is InChI=1S/C19H26N4O3/c1-14-18-21-17(19(24)20-11-16-3-2-8-26-16)13-23(18)7-6-22(14)12-15-4-9-25-10-5-15/h2-3,8,13-15H,4-7,9-12H2,1H3,(H,20,24)/t14-/m1/s1. The maximum absolute atomic E-state index is 12.4. The van der Waals surface area contributed by atoms with Gasteiger partial charge in [0.15, 0.2) is 0 Å². The van der Waals surface area contributed by atoms with Crippen LogP contribution in [0.25, 0.3) is 0 Å². The summed E-state index contributed by atoms with van der Waals surface area (Å²) in [6.07, 6.45) is 5.75. The molecule has 0 radical (unpaired) electrons. The first-order valence-corrected chi connectivity index (χ1v) is 9.40. The molecule has 0 aromatic carbocycles. The van der Waals surface area contributed by atoms with Crippen molar-refractivity contribution in [3.63, 3.8) is 0 Å². The Morgan fingerprint density at radius 1 is 1.35 bits per heavy atom. The van der Waals surface area contributed by atoms with Gasteiger partial charge in [-0.1, -0.05) is 0 Å². The third-order valence-corrected chi connectivity index (χ3v) is 5.43. The van der Waals surface area contributed by atoms with E-state index in [1.165, 1.54) is 0 Å². The smallest absolute Gasteiger partial charge is 0.271 e. The van der Waals surface area contributed by atoms with Crippen LogP contribution in [0.4, 0.5) is 0 Å². The van der Waals surface area contributed by atoms with Gasteiger partial charge in [-0.15, -0.1) is 0 Å². The second-order valence-electron chi connectivity index (χ2n) is 7.17. The van der Waals surface area contributed by atoms with Gasteiger partial charge >= 0.3 is 0 Å². The molecule has 140 valence electrons. The molecule has 0 saturated carbocycles. The Morgan fingerprint density at radius 3 is 2.96 bits per heavy atom. The summed E-state index contributed by atoms with van der Waals surface area (Å²) in [4.78, 5) is 19.5. The second kappa shape index (κ2) is 7.63. The molecule has 7 heteroatoms. The van der Waals surface area contributed by atoms with E-state index in [1.54, 1.807) is 6.26 Å². The number of hydrogen-bond acceptors (Lipinski definition) is 5. The van der Waals surface area contributed by atoms with Crippen molar-refractivity contribution in [3.05, 3.63) is 41.9 Å². The molecular weight excluding hydrogens is 332 g/mol. The van der Waals surface area contributed by atoms with Crippen molar-refractivity contribution < 1.29 is 13.9 Å². The minimum absolute atomic E-state index is 0.161. The van der Waals surface area contributed by atoms with E-state index in [4.69, 9.17) is 9.15 Å². The van der Waals surface area contributed by atoms with Gasteiger partial charge in [0.25, 0.3) is 5.91 Å². The predicted octanol–water partition coefficient (Wildman–Crippen LogP) is 2.21. The average Bonchev–Trinajstić information content (AvgIpc) is 3.33. The molecular formula is C19H26N4O3.